The zero-order valence-electron chi connectivity index (χ0n) is 20.3. The van der Waals surface area contributed by atoms with Crippen molar-refractivity contribution in [1.29, 1.82) is 0 Å². The molecule has 3 nitrogen and oxygen atoms in total. The Labute approximate surface area is 195 Å². The number of likely N-dealkylation sites (tertiary alicyclic amines) is 1. The molecule has 1 saturated heterocycles. The maximum Gasteiger partial charge on any atom is 0.119 e. The summed E-state index contributed by atoms with van der Waals surface area (Å²) in [5.41, 5.74) is 1.36. The second kappa shape index (κ2) is 13.0. The Morgan fingerprint density at radius 3 is 2.22 bits per heavy atom. The van der Waals surface area contributed by atoms with Crippen molar-refractivity contribution in [2.45, 2.75) is 83.2 Å². The van der Waals surface area contributed by atoms with E-state index in [-0.39, 0.29) is 5.92 Å². The number of ether oxygens (including phenoxy) is 1. The van der Waals surface area contributed by atoms with Crippen LogP contribution in [-0.4, -0.2) is 36.2 Å². The van der Waals surface area contributed by atoms with E-state index >= 15 is 0 Å². The van der Waals surface area contributed by atoms with Crippen molar-refractivity contribution in [3.63, 3.8) is 0 Å². The summed E-state index contributed by atoms with van der Waals surface area (Å²) in [7, 11) is 0. The van der Waals surface area contributed by atoms with Crippen molar-refractivity contribution < 1.29 is 9.84 Å². The van der Waals surface area contributed by atoms with Gasteiger partial charge in [0.2, 0.25) is 0 Å². The zero-order chi connectivity index (χ0) is 22.7. The Kier molecular flexibility index (Phi) is 10.1. The van der Waals surface area contributed by atoms with E-state index in [1.165, 1.54) is 50.5 Å². The normalized spacial score (nSPS) is 17.6. The predicted molar refractivity (Wildman–Crippen MR) is 134 cm³/mol. The highest BCUT2D eigenvalue weighted by Gasteiger charge is 2.40. The molecular formula is C29H43NO2. The lowest BCUT2D eigenvalue weighted by Gasteiger charge is -2.41. The van der Waals surface area contributed by atoms with Crippen LogP contribution in [0.2, 0.25) is 0 Å². The largest absolute Gasteiger partial charge is 0.494 e. The molecule has 32 heavy (non-hydrogen) atoms. The van der Waals surface area contributed by atoms with Gasteiger partial charge in [0.25, 0.3) is 0 Å². The molecule has 0 aromatic heterocycles. The van der Waals surface area contributed by atoms with Crippen LogP contribution < -0.4 is 4.74 Å². The number of unbranched alkanes of at least 4 members (excludes halogenated alkanes) is 4. The highest BCUT2D eigenvalue weighted by Crippen LogP contribution is 2.42. The first-order valence-electron chi connectivity index (χ1n) is 12.9. The van der Waals surface area contributed by atoms with Crippen molar-refractivity contribution in [3.8, 4) is 5.75 Å². The van der Waals surface area contributed by atoms with E-state index < -0.39 is 5.60 Å². The van der Waals surface area contributed by atoms with Crippen LogP contribution in [0.25, 0.3) is 0 Å². The molecule has 2 aromatic rings. The molecule has 1 aliphatic heterocycles. The number of piperidine rings is 1. The maximum atomic E-state index is 12.4. The summed E-state index contributed by atoms with van der Waals surface area (Å²) in [6.45, 7) is 8.09. The third-order valence-corrected chi connectivity index (χ3v) is 6.99. The van der Waals surface area contributed by atoms with Gasteiger partial charge in [0, 0.05) is 12.5 Å². The minimum Gasteiger partial charge on any atom is -0.494 e. The Balaban J connectivity index is 1.91. The summed E-state index contributed by atoms with van der Waals surface area (Å²) < 4.78 is 5.68. The third-order valence-electron chi connectivity index (χ3n) is 6.99. The summed E-state index contributed by atoms with van der Waals surface area (Å²) in [5, 5.41) is 12.4. The van der Waals surface area contributed by atoms with Crippen molar-refractivity contribution in [1.82, 2.24) is 4.90 Å². The topological polar surface area (TPSA) is 32.7 Å². The van der Waals surface area contributed by atoms with E-state index in [0.29, 0.717) is 6.61 Å². The van der Waals surface area contributed by atoms with Gasteiger partial charge in [0.1, 0.15) is 5.75 Å². The van der Waals surface area contributed by atoms with Crippen LogP contribution in [0.3, 0.4) is 0 Å². The van der Waals surface area contributed by atoms with Gasteiger partial charge in [-0.15, -0.1) is 0 Å². The first-order chi connectivity index (χ1) is 15.7. The summed E-state index contributed by atoms with van der Waals surface area (Å²) in [4.78, 5) is 2.57. The van der Waals surface area contributed by atoms with E-state index in [9.17, 15) is 5.11 Å². The lowest BCUT2D eigenvalue weighted by molar-refractivity contribution is -0.0168. The molecule has 1 N–H and O–H groups in total. The summed E-state index contributed by atoms with van der Waals surface area (Å²) in [5.74, 6) is 0.916. The van der Waals surface area contributed by atoms with Crippen LogP contribution in [0.4, 0.5) is 0 Å². The van der Waals surface area contributed by atoms with Crippen LogP contribution in [0.15, 0.2) is 54.6 Å². The molecule has 3 rings (SSSR count). The van der Waals surface area contributed by atoms with Gasteiger partial charge in [-0.05, 0) is 62.5 Å². The molecule has 176 valence electrons. The number of hydrogen-bond acceptors (Lipinski definition) is 3. The highest BCUT2D eigenvalue weighted by atomic mass is 16.5. The maximum absolute atomic E-state index is 12.4. The average Bonchev–Trinajstić information content (AvgIpc) is 2.84. The Morgan fingerprint density at radius 2 is 1.56 bits per heavy atom. The molecule has 1 heterocycles. The molecule has 0 saturated carbocycles. The van der Waals surface area contributed by atoms with E-state index in [2.05, 4.69) is 54.3 Å². The fourth-order valence-corrected chi connectivity index (χ4v) is 5.14. The number of rotatable bonds is 13. The smallest absolute Gasteiger partial charge is 0.119 e. The lowest BCUT2D eigenvalue weighted by Crippen LogP contribution is -2.42. The van der Waals surface area contributed by atoms with Crippen molar-refractivity contribution in [2.24, 2.45) is 0 Å². The van der Waals surface area contributed by atoms with E-state index in [1.54, 1.807) is 0 Å². The quantitative estimate of drug-likeness (QED) is 0.346. The summed E-state index contributed by atoms with van der Waals surface area (Å²) in [6, 6.07) is 18.9. The third kappa shape index (κ3) is 6.83. The van der Waals surface area contributed by atoms with Gasteiger partial charge >= 0.3 is 0 Å². The second-order valence-corrected chi connectivity index (χ2v) is 9.37. The minimum atomic E-state index is -0.893. The molecule has 3 heteroatoms. The summed E-state index contributed by atoms with van der Waals surface area (Å²) >= 11 is 0. The van der Waals surface area contributed by atoms with E-state index in [0.717, 1.165) is 43.8 Å². The second-order valence-electron chi connectivity index (χ2n) is 9.37. The number of nitrogens with zero attached hydrogens (tertiary/aromatic N) is 1. The average molecular weight is 438 g/mol. The molecule has 0 spiro atoms. The molecule has 2 aromatic carbocycles. The monoisotopic (exact) mass is 437 g/mol. The van der Waals surface area contributed by atoms with Crippen LogP contribution in [0.1, 0.15) is 88.7 Å². The van der Waals surface area contributed by atoms with Crippen LogP contribution in [0, 0.1) is 0 Å². The molecule has 0 bridgehead atoms. The molecule has 0 unspecified atom stereocenters. The fraction of sp³-hybridized carbons (Fsp3) is 0.586. The standard InChI is InChI=1S/C29H43NO2/c1-3-5-6-7-12-21-29(31,26-17-19-27(20-18-26)32-4-2)28(25-15-10-8-11-16-25)24-30-22-13-9-14-23-30/h8,10-11,15-20,28,31H,3-7,9,12-14,21-24H2,1-2H3/t28-,29-/m0/s1. The van der Waals surface area contributed by atoms with Gasteiger partial charge in [-0.25, -0.2) is 0 Å². The number of benzene rings is 2. The van der Waals surface area contributed by atoms with Gasteiger partial charge in [-0.2, -0.15) is 0 Å². The summed E-state index contributed by atoms with van der Waals surface area (Å²) in [6.07, 6.45) is 10.6. The zero-order valence-corrected chi connectivity index (χ0v) is 20.3. The van der Waals surface area contributed by atoms with Gasteiger partial charge in [0.05, 0.1) is 12.2 Å². The minimum absolute atomic E-state index is 0.0471. The Bertz CT molecular complexity index is 754. The Hall–Kier alpha value is -1.84. The van der Waals surface area contributed by atoms with Crippen molar-refractivity contribution in [2.75, 3.05) is 26.2 Å². The first-order valence-corrected chi connectivity index (χ1v) is 12.9. The lowest BCUT2D eigenvalue weighted by atomic mass is 9.73. The van der Waals surface area contributed by atoms with Gasteiger partial charge in [0.15, 0.2) is 0 Å². The first kappa shape index (κ1) is 24.8. The molecule has 1 fully saturated rings. The molecular weight excluding hydrogens is 394 g/mol. The number of aliphatic hydroxyl groups is 1. The molecule has 0 radical (unpaired) electrons. The fourth-order valence-electron chi connectivity index (χ4n) is 5.14. The molecule has 0 aliphatic carbocycles. The predicted octanol–water partition coefficient (Wildman–Crippen LogP) is 6.90. The van der Waals surface area contributed by atoms with Crippen LogP contribution in [0.5, 0.6) is 5.75 Å². The van der Waals surface area contributed by atoms with Crippen LogP contribution in [-0.2, 0) is 5.60 Å². The highest BCUT2D eigenvalue weighted by molar-refractivity contribution is 5.35. The van der Waals surface area contributed by atoms with Crippen LogP contribution >= 0.6 is 0 Å². The molecule has 1 aliphatic rings. The van der Waals surface area contributed by atoms with E-state index in [4.69, 9.17) is 4.74 Å². The van der Waals surface area contributed by atoms with Crippen molar-refractivity contribution in [3.05, 3.63) is 65.7 Å². The van der Waals surface area contributed by atoms with E-state index in [1.807, 2.05) is 19.1 Å². The SMILES string of the molecule is CCCCCCC[C@](O)(c1ccc(OCC)cc1)[C@@H](CN1CCCCC1)c1ccccc1. The van der Waals surface area contributed by atoms with Gasteiger partial charge < -0.3 is 14.7 Å². The van der Waals surface area contributed by atoms with Gasteiger partial charge in [-0.1, -0.05) is 87.9 Å². The molecule has 0 amide bonds. The van der Waals surface area contributed by atoms with Gasteiger partial charge in [-0.3, -0.25) is 0 Å². The number of hydrogen-bond donors (Lipinski definition) is 1. The Morgan fingerprint density at radius 1 is 0.875 bits per heavy atom. The van der Waals surface area contributed by atoms with Crippen molar-refractivity contribution >= 4 is 0 Å². The molecule has 2 atom stereocenters.